The van der Waals surface area contributed by atoms with E-state index in [1.807, 2.05) is 7.05 Å². The summed E-state index contributed by atoms with van der Waals surface area (Å²) in [6.45, 7) is 3.22. The number of nitrogens with one attached hydrogen (secondary N) is 2. The van der Waals surface area contributed by atoms with Gasteiger partial charge in [0.05, 0.1) is 12.0 Å². The fourth-order valence-corrected chi connectivity index (χ4v) is 3.38. The topological polar surface area (TPSA) is 67.4 Å². The number of hydrogen-bond acceptors (Lipinski definition) is 4. The molecule has 0 saturated heterocycles. The average molecular weight is 298 g/mol. The molecule has 20 heavy (non-hydrogen) atoms. The molecule has 6 heteroatoms. The van der Waals surface area contributed by atoms with Crippen molar-refractivity contribution in [2.45, 2.75) is 24.8 Å². The highest BCUT2D eigenvalue weighted by Gasteiger charge is 2.33. The maximum Gasteiger partial charge on any atom is 0.240 e. The van der Waals surface area contributed by atoms with Crippen LogP contribution in [0.1, 0.15) is 18.9 Å². The molecule has 5 nitrogen and oxygen atoms in total. The number of sulfonamides is 1. The molecule has 2 N–H and O–H groups in total. The smallest absolute Gasteiger partial charge is 0.240 e. The van der Waals surface area contributed by atoms with Crippen molar-refractivity contribution in [1.82, 2.24) is 10.0 Å². The van der Waals surface area contributed by atoms with E-state index in [0.29, 0.717) is 30.7 Å². The van der Waals surface area contributed by atoms with E-state index in [2.05, 4.69) is 17.0 Å². The van der Waals surface area contributed by atoms with Crippen LogP contribution >= 0.6 is 0 Å². The number of rotatable bonds is 7. The first-order chi connectivity index (χ1) is 9.47. The average Bonchev–Trinajstić information content (AvgIpc) is 3.13. The third kappa shape index (κ3) is 3.50. The largest absolute Gasteiger partial charge is 0.496 e. The van der Waals surface area contributed by atoms with E-state index in [1.54, 1.807) is 25.3 Å². The Balaban J connectivity index is 2.15. The van der Waals surface area contributed by atoms with Gasteiger partial charge in [0.2, 0.25) is 10.0 Å². The number of hydrogen-bond donors (Lipinski definition) is 2. The highest BCUT2D eigenvalue weighted by molar-refractivity contribution is 7.89. The summed E-state index contributed by atoms with van der Waals surface area (Å²) in [5.41, 5.74) is 0.831. The molecular weight excluding hydrogens is 276 g/mol. The normalized spacial score (nSPS) is 21.8. The maximum atomic E-state index is 12.3. The van der Waals surface area contributed by atoms with Crippen molar-refractivity contribution >= 4 is 10.0 Å². The van der Waals surface area contributed by atoms with Gasteiger partial charge >= 0.3 is 0 Å². The first-order valence-electron chi connectivity index (χ1n) is 6.79. The van der Waals surface area contributed by atoms with Crippen LogP contribution in [0.25, 0.3) is 0 Å². The van der Waals surface area contributed by atoms with E-state index >= 15 is 0 Å². The van der Waals surface area contributed by atoms with Crippen LogP contribution in [0.2, 0.25) is 0 Å². The van der Waals surface area contributed by atoms with E-state index in [4.69, 9.17) is 4.74 Å². The van der Waals surface area contributed by atoms with Gasteiger partial charge in [0.15, 0.2) is 0 Å². The maximum absolute atomic E-state index is 12.3. The predicted octanol–water partition coefficient (Wildman–Crippen LogP) is 1.35. The Morgan fingerprint density at radius 1 is 1.40 bits per heavy atom. The fourth-order valence-electron chi connectivity index (χ4n) is 2.23. The molecule has 0 spiro atoms. The van der Waals surface area contributed by atoms with E-state index in [-0.39, 0.29) is 4.90 Å². The second kappa shape index (κ2) is 6.11. The van der Waals surface area contributed by atoms with Crippen LogP contribution in [0.5, 0.6) is 5.75 Å². The van der Waals surface area contributed by atoms with Gasteiger partial charge in [0.25, 0.3) is 0 Å². The molecule has 2 unspecified atom stereocenters. The predicted molar refractivity (Wildman–Crippen MR) is 78.2 cm³/mol. The van der Waals surface area contributed by atoms with Crippen LogP contribution in [0.3, 0.4) is 0 Å². The molecule has 0 amide bonds. The summed E-state index contributed by atoms with van der Waals surface area (Å²) in [5, 5.41) is 3.01. The molecule has 0 heterocycles. The molecule has 1 aromatic carbocycles. The van der Waals surface area contributed by atoms with Crippen molar-refractivity contribution in [2.24, 2.45) is 11.8 Å². The zero-order valence-corrected chi connectivity index (χ0v) is 13.0. The molecule has 0 radical (unpaired) electrons. The summed E-state index contributed by atoms with van der Waals surface area (Å²) in [4.78, 5) is 0.289. The zero-order valence-electron chi connectivity index (χ0n) is 12.1. The van der Waals surface area contributed by atoms with E-state index < -0.39 is 10.0 Å². The van der Waals surface area contributed by atoms with Crippen LogP contribution in [0, 0.1) is 11.8 Å². The van der Waals surface area contributed by atoms with E-state index in [0.717, 1.165) is 12.0 Å². The Labute approximate surface area is 120 Å². The van der Waals surface area contributed by atoms with Crippen molar-refractivity contribution in [3.05, 3.63) is 23.8 Å². The summed E-state index contributed by atoms with van der Waals surface area (Å²) in [5.74, 6) is 1.81. The summed E-state index contributed by atoms with van der Waals surface area (Å²) < 4.78 is 32.4. The third-order valence-corrected chi connectivity index (χ3v) is 5.16. The van der Waals surface area contributed by atoms with Crippen LogP contribution in [-0.2, 0) is 16.6 Å². The van der Waals surface area contributed by atoms with Crippen LogP contribution < -0.4 is 14.8 Å². The van der Waals surface area contributed by atoms with E-state index in [9.17, 15) is 8.42 Å². The minimum Gasteiger partial charge on any atom is -0.496 e. The second-order valence-electron chi connectivity index (χ2n) is 5.33. The monoisotopic (exact) mass is 298 g/mol. The number of methoxy groups -OCH3 is 1. The molecule has 1 aromatic rings. The highest BCUT2D eigenvalue weighted by Crippen LogP contribution is 2.37. The minimum absolute atomic E-state index is 0.289. The summed E-state index contributed by atoms with van der Waals surface area (Å²) >= 11 is 0. The zero-order chi connectivity index (χ0) is 14.8. The number of ether oxygens (including phenoxy) is 1. The van der Waals surface area contributed by atoms with Crippen molar-refractivity contribution in [1.29, 1.82) is 0 Å². The lowest BCUT2D eigenvalue weighted by atomic mass is 10.2. The molecule has 2 rings (SSSR count). The Morgan fingerprint density at radius 3 is 2.65 bits per heavy atom. The van der Waals surface area contributed by atoms with Crippen molar-refractivity contribution in [2.75, 3.05) is 20.7 Å². The fraction of sp³-hybridized carbons (Fsp3) is 0.571. The van der Waals surface area contributed by atoms with E-state index in [1.165, 1.54) is 0 Å². The van der Waals surface area contributed by atoms with Gasteiger partial charge in [-0.05, 0) is 43.5 Å². The lowest BCUT2D eigenvalue weighted by Crippen LogP contribution is -2.26. The Kier molecular flexibility index (Phi) is 4.67. The molecular formula is C14H22N2O3S. The van der Waals surface area contributed by atoms with Gasteiger partial charge in [-0.2, -0.15) is 0 Å². The summed E-state index contributed by atoms with van der Waals surface area (Å²) in [6, 6.07) is 4.94. The minimum atomic E-state index is -3.44. The van der Waals surface area contributed by atoms with Gasteiger partial charge in [-0.3, -0.25) is 0 Å². The standard InChI is InChI=1S/C14H22N2O3S/c1-10-6-11(10)9-16-20(17,18)13-4-5-14(19-3)12(7-13)8-15-2/h4-5,7,10-11,15-16H,6,8-9H2,1-3H3. The lowest BCUT2D eigenvalue weighted by Gasteiger charge is -2.11. The van der Waals surface area contributed by atoms with Crippen molar-refractivity contribution < 1.29 is 13.2 Å². The van der Waals surface area contributed by atoms with Crippen molar-refractivity contribution in [3.8, 4) is 5.75 Å². The molecule has 1 saturated carbocycles. The quantitative estimate of drug-likeness (QED) is 0.797. The van der Waals surface area contributed by atoms with Gasteiger partial charge < -0.3 is 10.1 Å². The molecule has 0 bridgehead atoms. The third-order valence-electron chi connectivity index (χ3n) is 3.74. The van der Waals surface area contributed by atoms with Crippen LogP contribution in [-0.4, -0.2) is 29.1 Å². The Morgan fingerprint density at radius 2 is 2.10 bits per heavy atom. The second-order valence-corrected chi connectivity index (χ2v) is 7.10. The highest BCUT2D eigenvalue weighted by atomic mass is 32.2. The SMILES string of the molecule is CNCc1cc(S(=O)(=O)NCC2CC2C)ccc1OC. The molecule has 2 atom stereocenters. The Hall–Kier alpha value is -1.11. The molecule has 0 aromatic heterocycles. The number of benzene rings is 1. The molecule has 112 valence electrons. The first-order valence-corrected chi connectivity index (χ1v) is 8.27. The van der Waals surface area contributed by atoms with Gasteiger partial charge in [-0.25, -0.2) is 13.1 Å². The lowest BCUT2D eigenvalue weighted by molar-refractivity contribution is 0.408. The summed E-state index contributed by atoms with van der Waals surface area (Å²) in [7, 11) is -0.0463. The van der Waals surface area contributed by atoms with Gasteiger partial charge in [-0.15, -0.1) is 0 Å². The van der Waals surface area contributed by atoms with Crippen LogP contribution in [0.15, 0.2) is 23.1 Å². The molecule has 1 fully saturated rings. The first kappa shape index (κ1) is 15.3. The molecule has 0 aliphatic heterocycles. The Bertz CT molecular complexity index is 572. The summed E-state index contributed by atoms with van der Waals surface area (Å²) in [6.07, 6.45) is 1.11. The van der Waals surface area contributed by atoms with Gasteiger partial charge in [-0.1, -0.05) is 6.92 Å². The molecule has 1 aliphatic carbocycles. The molecule has 1 aliphatic rings. The van der Waals surface area contributed by atoms with Gasteiger partial charge in [0, 0.05) is 18.7 Å². The van der Waals surface area contributed by atoms with Gasteiger partial charge in [0.1, 0.15) is 5.75 Å². The van der Waals surface area contributed by atoms with Crippen LogP contribution in [0.4, 0.5) is 0 Å². The van der Waals surface area contributed by atoms with Crippen molar-refractivity contribution in [3.63, 3.8) is 0 Å².